The number of hydrogen-bond donors (Lipinski definition) is 1. The molecule has 0 amide bonds. The fraction of sp³-hybridized carbons (Fsp3) is 0.636. The second-order valence-corrected chi connectivity index (χ2v) is 4.01. The minimum atomic E-state index is -0.800. The molecule has 1 rings (SSSR count). The van der Waals surface area contributed by atoms with E-state index < -0.39 is 11.9 Å². The van der Waals surface area contributed by atoms with Gasteiger partial charge >= 0.3 is 11.9 Å². The molecule has 1 saturated carbocycles. The Morgan fingerprint density at radius 2 is 2.07 bits per heavy atom. The number of aliphatic carboxylic acids is 1. The summed E-state index contributed by atoms with van der Waals surface area (Å²) in [4.78, 5) is 22.0. The molecule has 0 aromatic rings. The van der Waals surface area contributed by atoms with Gasteiger partial charge in [0.1, 0.15) is 6.10 Å². The Morgan fingerprint density at radius 1 is 1.40 bits per heavy atom. The highest BCUT2D eigenvalue weighted by Gasteiger charge is 2.29. The summed E-state index contributed by atoms with van der Waals surface area (Å²) < 4.78 is 5.13. The van der Waals surface area contributed by atoms with Gasteiger partial charge in [0.15, 0.2) is 0 Å². The summed E-state index contributed by atoms with van der Waals surface area (Å²) in [6.45, 7) is 5.07. The third-order valence-electron chi connectivity index (χ3n) is 2.60. The molecule has 2 unspecified atom stereocenters. The van der Waals surface area contributed by atoms with Gasteiger partial charge in [-0.3, -0.25) is 4.79 Å². The quantitative estimate of drug-likeness (QED) is 0.571. The number of carboxylic acid groups (broad SMARTS) is 1. The van der Waals surface area contributed by atoms with Crippen molar-refractivity contribution < 1.29 is 19.4 Å². The van der Waals surface area contributed by atoms with Gasteiger partial charge in [-0.2, -0.15) is 0 Å². The van der Waals surface area contributed by atoms with Gasteiger partial charge in [-0.05, 0) is 32.6 Å². The molecule has 1 N–H and O–H groups in total. The van der Waals surface area contributed by atoms with Crippen molar-refractivity contribution in [3.05, 3.63) is 12.2 Å². The molecule has 0 aromatic heterocycles. The average Bonchev–Trinajstić information content (AvgIpc) is 2.18. The summed E-state index contributed by atoms with van der Waals surface area (Å²) in [5.74, 6) is -1.60. The third-order valence-corrected chi connectivity index (χ3v) is 2.60. The summed E-state index contributed by atoms with van der Waals surface area (Å²) in [5, 5.41) is 8.84. The first-order chi connectivity index (χ1) is 7.00. The molecule has 4 heteroatoms. The van der Waals surface area contributed by atoms with Crippen molar-refractivity contribution in [3.63, 3.8) is 0 Å². The van der Waals surface area contributed by atoms with Crippen LogP contribution in [0.3, 0.4) is 0 Å². The van der Waals surface area contributed by atoms with Crippen molar-refractivity contribution in [2.75, 3.05) is 0 Å². The Labute approximate surface area is 88.9 Å². The second kappa shape index (κ2) is 4.96. The summed E-state index contributed by atoms with van der Waals surface area (Å²) >= 11 is 0. The number of hydrogen-bond acceptors (Lipinski definition) is 3. The summed E-state index contributed by atoms with van der Waals surface area (Å²) in [5.41, 5.74) is 0.354. The number of rotatable bonds is 3. The maximum Gasteiger partial charge on any atom is 0.333 e. The van der Waals surface area contributed by atoms with Gasteiger partial charge in [-0.1, -0.05) is 6.58 Å². The normalized spacial score (nSPS) is 25.7. The van der Waals surface area contributed by atoms with Gasteiger partial charge in [0.25, 0.3) is 0 Å². The predicted molar refractivity (Wildman–Crippen MR) is 54.3 cm³/mol. The van der Waals surface area contributed by atoms with Gasteiger partial charge in [-0.15, -0.1) is 0 Å². The minimum absolute atomic E-state index is 0.260. The second-order valence-electron chi connectivity index (χ2n) is 4.01. The molecular formula is C11H16O4. The lowest BCUT2D eigenvalue weighted by Gasteiger charge is -2.26. The molecule has 1 aliphatic carbocycles. The molecule has 2 atom stereocenters. The molecule has 1 aliphatic rings. The summed E-state index contributed by atoms with van der Waals surface area (Å²) in [6, 6.07) is 0. The van der Waals surface area contributed by atoms with Crippen molar-refractivity contribution in [2.24, 2.45) is 5.92 Å². The van der Waals surface area contributed by atoms with E-state index in [1.54, 1.807) is 6.92 Å². The first-order valence-electron chi connectivity index (χ1n) is 5.10. The molecule has 0 aromatic carbocycles. The smallest absolute Gasteiger partial charge is 0.333 e. The molecule has 0 radical (unpaired) electrons. The SMILES string of the molecule is C=C(C)C(=O)OC1CCCC(C(=O)O)C1. The first-order valence-corrected chi connectivity index (χ1v) is 5.10. The van der Waals surface area contributed by atoms with E-state index in [0.29, 0.717) is 18.4 Å². The Bertz CT molecular complexity index is 282. The lowest BCUT2D eigenvalue weighted by Crippen LogP contribution is -2.29. The fourth-order valence-electron chi connectivity index (χ4n) is 1.73. The largest absolute Gasteiger partial charge is 0.481 e. The van der Waals surface area contributed by atoms with Crippen LogP contribution in [0.5, 0.6) is 0 Å². The van der Waals surface area contributed by atoms with Gasteiger partial charge in [0.05, 0.1) is 5.92 Å². The fourth-order valence-corrected chi connectivity index (χ4v) is 1.73. The van der Waals surface area contributed by atoms with Crippen LogP contribution < -0.4 is 0 Å². The van der Waals surface area contributed by atoms with E-state index in [1.165, 1.54) is 0 Å². The summed E-state index contributed by atoms with van der Waals surface area (Å²) in [6.07, 6.45) is 2.39. The molecule has 0 heterocycles. The van der Waals surface area contributed by atoms with E-state index in [1.807, 2.05) is 0 Å². The number of ether oxygens (including phenoxy) is 1. The molecule has 84 valence electrons. The van der Waals surface area contributed by atoms with E-state index in [-0.39, 0.29) is 12.0 Å². The molecule has 0 spiro atoms. The summed E-state index contributed by atoms with van der Waals surface area (Å²) in [7, 11) is 0. The highest BCUT2D eigenvalue weighted by Crippen LogP contribution is 2.26. The molecule has 15 heavy (non-hydrogen) atoms. The highest BCUT2D eigenvalue weighted by atomic mass is 16.5. The first kappa shape index (κ1) is 11.8. The molecule has 0 bridgehead atoms. The standard InChI is InChI=1S/C11H16O4/c1-7(2)11(14)15-9-5-3-4-8(6-9)10(12)13/h8-9H,1,3-6H2,2H3,(H,12,13). The van der Waals surface area contributed by atoms with Crippen LogP contribution in [0, 0.1) is 5.92 Å². The molecule has 0 aliphatic heterocycles. The van der Waals surface area contributed by atoms with Crippen molar-refractivity contribution in [3.8, 4) is 0 Å². The topological polar surface area (TPSA) is 63.6 Å². The zero-order chi connectivity index (χ0) is 11.4. The van der Waals surface area contributed by atoms with Crippen LogP contribution in [0.4, 0.5) is 0 Å². The van der Waals surface area contributed by atoms with Gasteiger partial charge in [0.2, 0.25) is 0 Å². The van der Waals surface area contributed by atoms with E-state index in [0.717, 1.165) is 12.8 Å². The van der Waals surface area contributed by atoms with Gasteiger partial charge < -0.3 is 9.84 Å². The Kier molecular flexibility index (Phi) is 3.88. The Hall–Kier alpha value is -1.32. The maximum atomic E-state index is 11.2. The van der Waals surface area contributed by atoms with Crippen molar-refractivity contribution in [1.29, 1.82) is 0 Å². The van der Waals surface area contributed by atoms with Crippen molar-refractivity contribution in [2.45, 2.75) is 38.7 Å². The van der Waals surface area contributed by atoms with Crippen LogP contribution in [0.1, 0.15) is 32.6 Å². The van der Waals surface area contributed by atoms with Crippen molar-refractivity contribution in [1.82, 2.24) is 0 Å². The van der Waals surface area contributed by atoms with Gasteiger partial charge in [-0.25, -0.2) is 4.79 Å². The van der Waals surface area contributed by atoms with E-state index in [4.69, 9.17) is 9.84 Å². The van der Waals surface area contributed by atoms with Crippen LogP contribution in [0.15, 0.2) is 12.2 Å². The molecular weight excluding hydrogens is 196 g/mol. The Balaban J connectivity index is 2.46. The third kappa shape index (κ3) is 3.38. The lowest BCUT2D eigenvalue weighted by atomic mass is 9.87. The van der Waals surface area contributed by atoms with Crippen LogP contribution in [-0.4, -0.2) is 23.1 Å². The van der Waals surface area contributed by atoms with Crippen LogP contribution in [0.2, 0.25) is 0 Å². The number of carbonyl (C=O) groups excluding carboxylic acids is 1. The van der Waals surface area contributed by atoms with Crippen molar-refractivity contribution >= 4 is 11.9 Å². The predicted octanol–water partition coefficient (Wildman–Crippen LogP) is 1.75. The van der Waals surface area contributed by atoms with Gasteiger partial charge in [0, 0.05) is 5.57 Å². The monoisotopic (exact) mass is 212 g/mol. The van der Waals surface area contributed by atoms with Crippen LogP contribution >= 0.6 is 0 Å². The average molecular weight is 212 g/mol. The maximum absolute atomic E-state index is 11.2. The van der Waals surface area contributed by atoms with Crippen LogP contribution in [-0.2, 0) is 14.3 Å². The molecule has 0 saturated heterocycles. The zero-order valence-corrected chi connectivity index (χ0v) is 8.86. The van der Waals surface area contributed by atoms with E-state index in [9.17, 15) is 9.59 Å². The van der Waals surface area contributed by atoms with E-state index in [2.05, 4.69) is 6.58 Å². The number of carboxylic acids is 1. The lowest BCUT2D eigenvalue weighted by molar-refractivity contribution is -0.152. The molecule has 4 nitrogen and oxygen atoms in total. The van der Waals surface area contributed by atoms with Crippen LogP contribution in [0.25, 0.3) is 0 Å². The number of carbonyl (C=O) groups is 2. The Morgan fingerprint density at radius 3 is 2.60 bits per heavy atom. The zero-order valence-electron chi connectivity index (χ0n) is 8.86. The number of esters is 1. The van der Waals surface area contributed by atoms with E-state index >= 15 is 0 Å². The molecule has 1 fully saturated rings. The highest BCUT2D eigenvalue weighted by molar-refractivity contribution is 5.87. The minimum Gasteiger partial charge on any atom is -0.481 e.